The van der Waals surface area contributed by atoms with E-state index in [1.807, 2.05) is 13.8 Å². The first kappa shape index (κ1) is 8.43. The SMILES string of the molecule is CC(C)NC(C)OC=O. The minimum atomic E-state index is -0.178. The number of hydrogen-bond acceptors (Lipinski definition) is 3. The zero-order valence-corrected chi connectivity index (χ0v) is 6.05. The number of carbonyl (C=O) groups excluding carboxylic acids is 1. The highest BCUT2D eigenvalue weighted by Gasteiger charge is 2.00. The maximum atomic E-state index is 9.73. The molecule has 0 aromatic carbocycles. The summed E-state index contributed by atoms with van der Waals surface area (Å²) in [6.07, 6.45) is -0.178. The molecular weight excluding hydrogens is 118 g/mol. The lowest BCUT2D eigenvalue weighted by atomic mass is 10.4. The lowest BCUT2D eigenvalue weighted by Gasteiger charge is -2.13. The summed E-state index contributed by atoms with van der Waals surface area (Å²) in [5.41, 5.74) is 0. The van der Waals surface area contributed by atoms with Gasteiger partial charge >= 0.3 is 0 Å². The predicted molar refractivity (Wildman–Crippen MR) is 34.9 cm³/mol. The third-order valence-electron chi connectivity index (χ3n) is 0.828. The largest absolute Gasteiger partial charge is 0.449 e. The summed E-state index contributed by atoms with van der Waals surface area (Å²) in [7, 11) is 0. The number of nitrogens with one attached hydrogen (secondary N) is 1. The van der Waals surface area contributed by atoms with Crippen LogP contribution in [0.3, 0.4) is 0 Å². The number of carbonyl (C=O) groups is 1. The Morgan fingerprint density at radius 2 is 2.00 bits per heavy atom. The number of ether oxygens (including phenoxy) is 1. The van der Waals surface area contributed by atoms with Gasteiger partial charge in [-0.05, 0) is 20.8 Å². The standard InChI is InChI=1S/C6H13NO2/c1-5(2)7-6(3)9-4-8/h4-7H,1-3H3. The Morgan fingerprint density at radius 1 is 1.44 bits per heavy atom. The topological polar surface area (TPSA) is 38.3 Å². The molecule has 1 N–H and O–H groups in total. The molecule has 54 valence electrons. The van der Waals surface area contributed by atoms with Crippen molar-refractivity contribution < 1.29 is 9.53 Å². The van der Waals surface area contributed by atoms with Gasteiger partial charge in [-0.25, -0.2) is 0 Å². The highest BCUT2D eigenvalue weighted by Crippen LogP contribution is 1.84. The summed E-state index contributed by atoms with van der Waals surface area (Å²) in [5.74, 6) is 0. The van der Waals surface area contributed by atoms with E-state index in [4.69, 9.17) is 0 Å². The predicted octanol–water partition coefficient (Wildman–Crippen LogP) is 0.503. The van der Waals surface area contributed by atoms with Gasteiger partial charge in [0.25, 0.3) is 6.47 Å². The monoisotopic (exact) mass is 131 g/mol. The molecule has 0 amide bonds. The van der Waals surface area contributed by atoms with Crippen molar-refractivity contribution in [3.63, 3.8) is 0 Å². The molecular formula is C6H13NO2. The molecule has 0 saturated carbocycles. The Labute approximate surface area is 55.4 Å². The average Bonchev–Trinajstić information content (AvgIpc) is 1.63. The third kappa shape index (κ3) is 5.30. The fraction of sp³-hybridized carbons (Fsp3) is 0.833. The fourth-order valence-electron chi connectivity index (χ4n) is 0.592. The second kappa shape index (κ2) is 4.32. The van der Waals surface area contributed by atoms with Crippen LogP contribution in [0.25, 0.3) is 0 Å². The van der Waals surface area contributed by atoms with Crippen LogP contribution in [-0.4, -0.2) is 18.7 Å². The molecule has 0 rings (SSSR count). The summed E-state index contributed by atoms with van der Waals surface area (Å²) in [4.78, 5) is 9.73. The highest BCUT2D eigenvalue weighted by molar-refractivity contribution is 5.37. The zero-order chi connectivity index (χ0) is 7.28. The van der Waals surface area contributed by atoms with Gasteiger partial charge in [0.2, 0.25) is 0 Å². The molecule has 0 aromatic rings. The molecule has 1 atom stereocenters. The van der Waals surface area contributed by atoms with Crippen LogP contribution < -0.4 is 5.32 Å². The maximum Gasteiger partial charge on any atom is 0.294 e. The van der Waals surface area contributed by atoms with Crippen molar-refractivity contribution >= 4 is 6.47 Å². The van der Waals surface area contributed by atoms with Crippen LogP contribution in [0, 0.1) is 0 Å². The van der Waals surface area contributed by atoms with Crippen LogP contribution in [0.15, 0.2) is 0 Å². The molecule has 3 nitrogen and oxygen atoms in total. The molecule has 1 unspecified atom stereocenters. The van der Waals surface area contributed by atoms with E-state index in [0.717, 1.165) is 0 Å². The first-order chi connectivity index (χ1) is 4.16. The highest BCUT2D eigenvalue weighted by atomic mass is 16.5. The van der Waals surface area contributed by atoms with Gasteiger partial charge in [-0.1, -0.05) is 0 Å². The normalized spacial score (nSPS) is 13.3. The van der Waals surface area contributed by atoms with E-state index in [1.165, 1.54) is 0 Å². The Kier molecular flexibility index (Phi) is 4.05. The average molecular weight is 131 g/mol. The Bertz CT molecular complexity index is 83.1. The Morgan fingerprint density at radius 3 is 2.33 bits per heavy atom. The van der Waals surface area contributed by atoms with Gasteiger partial charge in [0.15, 0.2) is 0 Å². The van der Waals surface area contributed by atoms with Gasteiger partial charge in [-0.15, -0.1) is 0 Å². The zero-order valence-electron chi connectivity index (χ0n) is 6.05. The second-order valence-electron chi connectivity index (χ2n) is 2.20. The van der Waals surface area contributed by atoms with Crippen molar-refractivity contribution in [3.05, 3.63) is 0 Å². The summed E-state index contributed by atoms with van der Waals surface area (Å²) >= 11 is 0. The van der Waals surface area contributed by atoms with Gasteiger partial charge in [0.05, 0.1) is 0 Å². The van der Waals surface area contributed by atoms with Crippen LogP contribution in [0.4, 0.5) is 0 Å². The van der Waals surface area contributed by atoms with Gasteiger partial charge in [-0.2, -0.15) is 0 Å². The van der Waals surface area contributed by atoms with Crippen LogP contribution in [0.5, 0.6) is 0 Å². The Hall–Kier alpha value is -0.570. The molecule has 0 bridgehead atoms. The summed E-state index contributed by atoms with van der Waals surface area (Å²) < 4.78 is 4.56. The number of hydrogen-bond donors (Lipinski definition) is 1. The second-order valence-corrected chi connectivity index (χ2v) is 2.20. The van der Waals surface area contributed by atoms with Crippen LogP contribution in [0.2, 0.25) is 0 Å². The van der Waals surface area contributed by atoms with E-state index in [-0.39, 0.29) is 6.23 Å². The summed E-state index contributed by atoms with van der Waals surface area (Å²) in [5, 5.41) is 2.99. The van der Waals surface area contributed by atoms with Gasteiger partial charge in [0, 0.05) is 6.04 Å². The molecule has 0 heterocycles. The molecule has 0 saturated heterocycles. The van der Waals surface area contributed by atoms with Crippen molar-refractivity contribution in [3.8, 4) is 0 Å². The van der Waals surface area contributed by atoms with Crippen molar-refractivity contribution in [2.75, 3.05) is 0 Å². The van der Waals surface area contributed by atoms with E-state index in [1.54, 1.807) is 6.92 Å². The van der Waals surface area contributed by atoms with Gasteiger partial charge < -0.3 is 4.74 Å². The van der Waals surface area contributed by atoms with E-state index >= 15 is 0 Å². The number of rotatable bonds is 4. The minimum Gasteiger partial charge on any atom is -0.449 e. The van der Waals surface area contributed by atoms with Crippen LogP contribution >= 0.6 is 0 Å². The van der Waals surface area contributed by atoms with E-state index in [9.17, 15) is 4.79 Å². The van der Waals surface area contributed by atoms with Crippen molar-refractivity contribution in [1.82, 2.24) is 5.32 Å². The van der Waals surface area contributed by atoms with Crippen molar-refractivity contribution in [2.24, 2.45) is 0 Å². The van der Waals surface area contributed by atoms with E-state index in [0.29, 0.717) is 12.5 Å². The fourth-order valence-corrected chi connectivity index (χ4v) is 0.592. The molecule has 9 heavy (non-hydrogen) atoms. The summed E-state index contributed by atoms with van der Waals surface area (Å²) in [6.45, 7) is 6.21. The van der Waals surface area contributed by atoms with Gasteiger partial charge in [0.1, 0.15) is 6.23 Å². The molecule has 3 heteroatoms. The van der Waals surface area contributed by atoms with Crippen molar-refractivity contribution in [2.45, 2.75) is 33.0 Å². The molecule has 0 aliphatic heterocycles. The third-order valence-corrected chi connectivity index (χ3v) is 0.828. The minimum absolute atomic E-state index is 0.178. The van der Waals surface area contributed by atoms with Gasteiger partial charge in [-0.3, -0.25) is 10.1 Å². The molecule has 0 radical (unpaired) electrons. The van der Waals surface area contributed by atoms with E-state index < -0.39 is 0 Å². The van der Waals surface area contributed by atoms with E-state index in [2.05, 4.69) is 10.1 Å². The Balaban J connectivity index is 3.25. The lowest BCUT2D eigenvalue weighted by molar-refractivity contribution is -0.134. The van der Waals surface area contributed by atoms with Crippen LogP contribution in [0.1, 0.15) is 20.8 Å². The quantitative estimate of drug-likeness (QED) is 0.446. The molecule has 0 aliphatic rings. The maximum absolute atomic E-state index is 9.73. The molecule has 0 aromatic heterocycles. The van der Waals surface area contributed by atoms with Crippen LogP contribution in [-0.2, 0) is 9.53 Å². The van der Waals surface area contributed by atoms with Crippen molar-refractivity contribution in [1.29, 1.82) is 0 Å². The first-order valence-corrected chi connectivity index (χ1v) is 3.02. The lowest BCUT2D eigenvalue weighted by Crippen LogP contribution is -2.34. The molecule has 0 fully saturated rings. The molecule has 0 aliphatic carbocycles. The first-order valence-electron chi connectivity index (χ1n) is 3.02. The smallest absolute Gasteiger partial charge is 0.294 e. The molecule has 0 spiro atoms. The summed E-state index contributed by atoms with van der Waals surface area (Å²) in [6, 6.07) is 0.347.